The van der Waals surface area contributed by atoms with E-state index in [1.165, 1.54) is 89.0 Å². The van der Waals surface area contributed by atoms with E-state index in [4.69, 9.17) is 0 Å². The van der Waals surface area contributed by atoms with E-state index in [0.717, 1.165) is 117 Å². The molecule has 0 unspecified atom stereocenters. The molecule has 0 atom stereocenters. The van der Waals surface area contributed by atoms with Gasteiger partial charge < -0.3 is 29.7 Å². The topological polar surface area (TPSA) is 119 Å². The molecule has 0 amide bonds. The molecule has 3 aliphatic rings. The Bertz CT molecular complexity index is 3780. The van der Waals surface area contributed by atoms with Crippen LogP contribution in [0.4, 0.5) is 0 Å². The first-order chi connectivity index (χ1) is 38.1. The molecule has 0 bridgehead atoms. The van der Waals surface area contributed by atoms with Gasteiger partial charge in [0.05, 0.1) is 0 Å². The molecule has 10 nitrogen and oxygen atoms in total. The Kier molecular flexibility index (Phi) is 16.2. The number of hydrogen-bond donors (Lipinski definition) is 3. The highest BCUT2D eigenvalue weighted by Crippen LogP contribution is 2.45. The van der Waals surface area contributed by atoms with Gasteiger partial charge in [0.1, 0.15) is 0 Å². The van der Waals surface area contributed by atoms with Gasteiger partial charge in [-0.1, -0.05) is 59.9 Å². The molecule has 0 aliphatic heterocycles. The van der Waals surface area contributed by atoms with Crippen molar-refractivity contribution >= 4 is 99.7 Å². The molecule has 3 aliphatic carbocycles. The number of benzene rings is 6. The summed E-state index contributed by atoms with van der Waals surface area (Å²) in [5.74, 6) is 0.517. The maximum atomic E-state index is 12.4. The van der Waals surface area contributed by atoms with E-state index in [-0.39, 0.29) is 17.3 Å². The fraction of sp³-hybridized carbons (Fsp3) is 0.362. The molecule has 6 aromatic carbocycles. The average molecular weight is 1060 g/mol. The van der Waals surface area contributed by atoms with Crippen LogP contribution in [0.2, 0.25) is 0 Å². The fourth-order valence-electron chi connectivity index (χ4n) is 12.6. The van der Waals surface area contributed by atoms with Gasteiger partial charge in [0.25, 0.3) is 0 Å². The Labute approximate surface area is 465 Å². The number of nitrogens with one attached hydrogen (secondary N) is 3. The van der Waals surface area contributed by atoms with Crippen molar-refractivity contribution in [2.75, 3.05) is 26.2 Å². The van der Waals surface area contributed by atoms with Gasteiger partial charge in [-0.3, -0.25) is 19.2 Å². The van der Waals surface area contributed by atoms with E-state index < -0.39 is 0 Å². The highest BCUT2D eigenvalue weighted by molar-refractivity contribution is 6.18. The summed E-state index contributed by atoms with van der Waals surface area (Å²) in [6, 6.07) is 32.0. The molecule has 0 fully saturated rings. The van der Waals surface area contributed by atoms with Gasteiger partial charge in [-0.2, -0.15) is 0 Å². The molecule has 9 aromatic rings. The van der Waals surface area contributed by atoms with Crippen LogP contribution in [0.25, 0.3) is 76.6 Å². The largest absolute Gasteiger partial charge is 0.340 e. The monoisotopic (exact) mass is 1050 g/mol. The first-order valence-electron chi connectivity index (χ1n) is 28.9. The Hall–Kier alpha value is -7.24. The number of aromatic nitrogens is 3. The summed E-state index contributed by atoms with van der Waals surface area (Å²) < 4.78 is 7.14. The highest BCUT2D eigenvalue weighted by Gasteiger charge is 2.29. The summed E-state index contributed by atoms with van der Waals surface area (Å²) in [6.07, 6.45) is 7.98. The Morgan fingerprint density at radius 2 is 0.861 bits per heavy atom. The van der Waals surface area contributed by atoms with Crippen LogP contribution >= 0.6 is 0 Å². The number of Topliss-reactive ketones (excluding diaryl/α,β-unsaturated/α-hetero) is 4. The van der Waals surface area contributed by atoms with Crippen LogP contribution in [-0.2, 0) is 38.9 Å². The SMILES string of the molecule is C=C1CCc2c1ccc1c2c2c3c(ccc2n1CCNC(C)C)C(=O)CC3.C=C1CCc2c1ccc1c2c2cc(C(C)=O)ccc2n1CCCNCCC.CC(=O)c1ccc2c(c1)c1cc(C(C)=O)ccc1n2CCNC(C)C. The smallest absolute Gasteiger partial charge is 0.163 e. The van der Waals surface area contributed by atoms with Crippen molar-refractivity contribution < 1.29 is 19.2 Å². The Balaban J connectivity index is 0.000000134. The molecular weight excluding hydrogens is 977 g/mol. The Morgan fingerprint density at radius 3 is 1.34 bits per heavy atom. The molecule has 3 aromatic heterocycles. The lowest BCUT2D eigenvalue weighted by molar-refractivity contribution is 0.0989. The van der Waals surface area contributed by atoms with Gasteiger partial charge in [0, 0.05) is 139 Å². The van der Waals surface area contributed by atoms with E-state index in [0.29, 0.717) is 35.4 Å². The number of ketones is 4. The predicted molar refractivity (Wildman–Crippen MR) is 330 cm³/mol. The number of hydrogen-bond acceptors (Lipinski definition) is 7. The second-order valence-electron chi connectivity index (χ2n) is 22.7. The van der Waals surface area contributed by atoms with Crippen molar-refractivity contribution in [2.45, 2.75) is 138 Å². The average Bonchev–Trinajstić information content (AvgIpc) is 4.35. The number of aryl methyl sites for hydroxylation is 4. The van der Waals surface area contributed by atoms with Crippen LogP contribution in [0.15, 0.2) is 104 Å². The summed E-state index contributed by atoms with van der Waals surface area (Å²) in [6.45, 7) is 30.8. The number of rotatable bonds is 17. The number of fused-ring (bicyclic) bond motifs is 15. The molecule has 3 N–H and O–H groups in total. The maximum Gasteiger partial charge on any atom is 0.163 e. The third-order valence-corrected chi connectivity index (χ3v) is 16.6. The second kappa shape index (κ2) is 23.2. The highest BCUT2D eigenvalue weighted by atomic mass is 16.1. The first-order valence-corrected chi connectivity index (χ1v) is 28.9. The molecule has 0 saturated heterocycles. The van der Waals surface area contributed by atoms with Gasteiger partial charge in [0.2, 0.25) is 0 Å². The van der Waals surface area contributed by atoms with Crippen LogP contribution in [-0.4, -0.2) is 75.1 Å². The van der Waals surface area contributed by atoms with Crippen LogP contribution < -0.4 is 16.0 Å². The zero-order valence-corrected chi connectivity index (χ0v) is 47.8. The Morgan fingerprint density at radius 1 is 0.468 bits per heavy atom. The van der Waals surface area contributed by atoms with Gasteiger partial charge in [-0.25, -0.2) is 0 Å². The van der Waals surface area contributed by atoms with Gasteiger partial charge in [-0.15, -0.1) is 0 Å². The van der Waals surface area contributed by atoms with Crippen LogP contribution in [0.3, 0.4) is 0 Å². The number of carbonyl (C=O) groups excluding carboxylic acids is 4. The van der Waals surface area contributed by atoms with Crippen LogP contribution in [0.1, 0.15) is 157 Å². The van der Waals surface area contributed by atoms with Crippen molar-refractivity contribution in [1.29, 1.82) is 0 Å². The third kappa shape index (κ3) is 10.7. The summed E-state index contributed by atoms with van der Waals surface area (Å²) in [5.41, 5.74) is 19.6. The molecule has 0 radical (unpaired) electrons. The van der Waals surface area contributed by atoms with Gasteiger partial charge >= 0.3 is 0 Å². The predicted octanol–water partition coefficient (Wildman–Crippen LogP) is 14.4. The van der Waals surface area contributed by atoms with Crippen molar-refractivity contribution in [3.63, 3.8) is 0 Å². The molecule has 79 heavy (non-hydrogen) atoms. The van der Waals surface area contributed by atoms with E-state index in [1.54, 1.807) is 20.8 Å². The summed E-state index contributed by atoms with van der Waals surface area (Å²) in [4.78, 5) is 47.9. The van der Waals surface area contributed by atoms with Crippen molar-refractivity contribution in [2.24, 2.45) is 0 Å². The summed E-state index contributed by atoms with van der Waals surface area (Å²) in [5, 5.41) is 17.8. The second-order valence-corrected chi connectivity index (χ2v) is 22.7. The zero-order chi connectivity index (χ0) is 55.8. The van der Waals surface area contributed by atoms with E-state index in [2.05, 4.69) is 126 Å². The first kappa shape index (κ1) is 55.1. The lowest BCUT2D eigenvalue weighted by Gasteiger charge is -2.11. The minimum absolute atomic E-state index is 0.0481. The van der Waals surface area contributed by atoms with E-state index in [1.807, 2.05) is 42.5 Å². The van der Waals surface area contributed by atoms with Gasteiger partial charge in [0.15, 0.2) is 23.1 Å². The summed E-state index contributed by atoms with van der Waals surface area (Å²) in [7, 11) is 0. The van der Waals surface area contributed by atoms with E-state index >= 15 is 0 Å². The third-order valence-electron chi connectivity index (χ3n) is 16.6. The lowest BCUT2D eigenvalue weighted by atomic mass is 9.97. The van der Waals surface area contributed by atoms with Crippen LogP contribution in [0.5, 0.6) is 0 Å². The van der Waals surface area contributed by atoms with Crippen molar-refractivity contribution in [1.82, 2.24) is 29.7 Å². The minimum Gasteiger partial charge on any atom is -0.340 e. The number of allylic oxidation sites excluding steroid dienone is 2. The standard InChI is InChI=1S/C24H26N2O.C24H28N2O.C21H24N2O2/c1-14(2)25-12-13-26-20-9-6-16-15(3)4-5-18(16)23(20)24-19-8-11-22(27)17(19)7-10-21(24)26;1-4-12-25-13-5-14-26-22-10-7-18(17(3)27)15-21(22)24-20-8-6-16(2)19(20)9-11-23(24)26;1-13(2)22-9-10-23-20-7-5-16(14(3)24)11-18(20)19-12-17(15(4)25)6-8-21(19)23/h6-7,9-10,14,25H,3-5,8,11-13H2,1-2H3;7,9-11,15,25H,2,4-6,8,12-14H2,1,3H3;5-8,11-13,22H,9-10H2,1-4H3. The number of carbonyl (C=O) groups is 4. The minimum atomic E-state index is 0.0481. The van der Waals surface area contributed by atoms with Gasteiger partial charge in [-0.05, 0) is 197 Å². The normalized spacial score (nSPS) is 13.8. The van der Waals surface area contributed by atoms with E-state index in [9.17, 15) is 19.2 Å². The molecule has 10 heteroatoms. The van der Waals surface area contributed by atoms with Crippen molar-refractivity contribution in [3.05, 3.63) is 154 Å². The summed E-state index contributed by atoms with van der Waals surface area (Å²) >= 11 is 0. The maximum absolute atomic E-state index is 12.4. The van der Waals surface area contributed by atoms with Crippen LogP contribution in [0, 0.1) is 0 Å². The molecule has 0 saturated carbocycles. The fourth-order valence-corrected chi connectivity index (χ4v) is 12.6. The van der Waals surface area contributed by atoms with Crippen molar-refractivity contribution in [3.8, 4) is 0 Å². The zero-order valence-electron chi connectivity index (χ0n) is 47.8. The quantitative estimate of drug-likeness (QED) is 0.0614. The molecule has 0 spiro atoms. The number of nitrogens with zero attached hydrogens (tertiary/aromatic N) is 3. The molecule has 408 valence electrons. The molecule has 12 rings (SSSR count). The molecular formula is C69H78N6O4. The molecule has 3 heterocycles. The lowest BCUT2D eigenvalue weighted by Crippen LogP contribution is -2.26.